The lowest BCUT2D eigenvalue weighted by molar-refractivity contribution is 0.0992. The Morgan fingerprint density at radius 2 is 1.74 bits per heavy atom. The predicted molar refractivity (Wildman–Crippen MR) is 120 cm³/mol. The number of ether oxygens (including phenoxy) is 1. The van der Waals surface area contributed by atoms with Gasteiger partial charge in [0.1, 0.15) is 17.4 Å². The van der Waals surface area contributed by atoms with Crippen LogP contribution in [0.25, 0.3) is 11.3 Å². The number of rotatable bonds is 9. The molecule has 0 saturated heterocycles. The van der Waals surface area contributed by atoms with Gasteiger partial charge < -0.3 is 15.2 Å². The molecule has 164 valence electrons. The van der Waals surface area contributed by atoms with Crippen LogP contribution in [0.3, 0.4) is 0 Å². The summed E-state index contributed by atoms with van der Waals surface area (Å²) in [5.74, 6) is 1.34. The smallest absolute Gasteiger partial charge is 0.243 e. The molecular weight excluding hydrogens is 416 g/mol. The first-order chi connectivity index (χ1) is 14.9. The van der Waals surface area contributed by atoms with E-state index in [1.54, 1.807) is 26.8 Å². The zero-order valence-electron chi connectivity index (χ0n) is 17.7. The summed E-state index contributed by atoms with van der Waals surface area (Å²) < 4.78 is 32.5. The minimum atomic E-state index is -3.66. The molecule has 0 radical (unpaired) electrons. The molecule has 0 saturated carbocycles. The van der Waals surface area contributed by atoms with Gasteiger partial charge in [0.15, 0.2) is 6.79 Å². The number of sulfonamides is 1. The second-order valence-electron chi connectivity index (χ2n) is 6.70. The van der Waals surface area contributed by atoms with E-state index in [-0.39, 0.29) is 4.90 Å². The molecule has 9 heteroatoms. The first-order valence-corrected chi connectivity index (χ1v) is 11.4. The molecule has 3 aromatic rings. The van der Waals surface area contributed by atoms with Gasteiger partial charge in [0.25, 0.3) is 0 Å². The van der Waals surface area contributed by atoms with Gasteiger partial charge in [-0.25, -0.2) is 18.4 Å². The van der Waals surface area contributed by atoms with Crippen molar-refractivity contribution in [1.82, 2.24) is 14.3 Å². The van der Waals surface area contributed by atoms with Crippen molar-refractivity contribution in [3.05, 3.63) is 60.4 Å². The van der Waals surface area contributed by atoms with Gasteiger partial charge in [-0.05, 0) is 25.1 Å². The lowest BCUT2D eigenvalue weighted by Crippen LogP contribution is -2.30. The largest absolute Gasteiger partial charge is 0.466 e. The molecular formula is C22H26N4O4S. The third-order valence-electron chi connectivity index (χ3n) is 4.68. The Hall–Kier alpha value is -3.01. The van der Waals surface area contributed by atoms with Crippen molar-refractivity contribution in [1.29, 1.82) is 0 Å². The molecule has 0 aliphatic carbocycles. The third-order valence-corrected chi connectivity index (χ3v) is 6.73. The molecule has 8 nitrogen and oxygen atoms in total. The highest BCUT2D eigenvalue weighted by molar-refractivity contribution is 7.89. The molecule has 0 amide bonds. The topological polar surface area (TPSA) is 105 Å². The van der Waals surface area contributed by atoms with Crippen LogP contribution >= 0.6 is 0 Å². The summed E-state index contributed by atoms with van der Waals surface area (Å²) >= 11 is 0. The van der Waals surface area contributed by atoms with Gasteiger partial charge in [0.2, 0.25) is 10.0 Å². The van der Waals surface area contributed by atoms with E-state index < -0.39 is 16.8 Å². The van der Waals surface area contributed by atoms with E-state index in [1.807, 2.05) is 30.3 Å². The Morgan fingerprint density at radius 3 is 2.39 bits per heavy atom. The van der Waals surface area contributed by atoms with Crippen molar-refractivity contribution < 1.29 is 18.3 Å². The number of aliphatic hydroxyl groups excluding tert-OH is 1. The second kappa shape index (κ2) is 9.86. The van der Waals surface area contributed by atoms with Crippen molar-refractivity contribution in [3.8, 4) is 17.0 Å². The number of hydrogen-bond acceptors (Lipinski definition) is 7. The van der Waals surface area contributed by atoms with Gasteiger partial charge in [-0.1, -0.05) is 44.2 Å². The van der Waals surface area contributed by atoms with Crippen molar-refractivity contribution in [2.45, 2.75) is 25.7 Å². The lowest BCUT2D eigenvalue weighted by atomic mass is 10.1. The lowest BCUT2D eigenvalue weighted by Gasteiger charge is -2.20. The zero-order valence-corrected chi connectivity index (χ0v) is 18.6. The van der Waals surface area contributed by atoms with E-state index in [0.29, 0.717) is 36.2 Å². The van der Waals surface area contributed by atoms with Crippen molar-refractivity contribution in [3.63, 3.8) is 0 Å². The highest BCUT2D eigenvalue weighted by atomic mass is 32.2. The Morgan fingerprint density at radius 1 is 1.03 bits per heavy atom. The fourth-order valence-corrected chi connectivity index (χ4v) is 4.69. The van der Waals surface area contributed by atoms with E-state index in [4.69, 9.17) is 4.74 Å². The number of benzene rings is 2. The molecule has 0 spiro atoms. The summed E-state index contributed by atoms with van der Waals surface area (Å²) in [5, 5.41) is 12.4. The zero-order chi connectivity index (χ0) is 22.4. The maximum atomic E-state index is 12.9. The number of aromatic nitrogens is 2. The summed E-state index contributed by atoms with van der Waals surface area (Å²) in [4.78, 5) is 9.02. The van der Waals surface area contributed by atoms with Crippen LogP contribution in [0.4, 0.5) is 11.5 Å². The fraction of sp³-hybridized carbons (Fsp3) is 0.273. The third kappa shape index (κ3) is 5.19. The summed E-state index contributed by atoms with van der Waals surface area (Å²) in [6.07, 6.45) is 0. The highest BCUT2D eigenvalue weighted by Crippen LogP contribution is 2.32. The molecule has 0 unspecified atom stereocenters. The standard InChI is InChI=1S/C22H26N4O4S/c1-4-26(5-2)31(28,29)18-11-12-21(30-15-27)20(13-18)25-22-14-19(23-16(3)24-22)17-9-7-6-8-10-17/h6-14,27H,4-5,15H2,1-3H3,(H,23,24,25). The van der Waals surface area contributed by atoms with Crippen LogP contribution in [0.15, 0.2) is 59.5 Å². The van der Waals surface area contributed by atoms with E-state index in [9.17, 15) is 13.5 Å². The number of nitrogens with zero attached hydrogens (tertiary/aromatic N) is 3. The van der Waals surface area contributed by atoms with Crippen LogP contribution in [-0.4, -0.2) is 47.7 Å². The average Bonchev–Trinajstić information content (AvgIpc) is 2.76. The van der Waals surface area contributed by atoms with Crippen molar-refractivity contribution in [2.24, 2.45) is 0 Å². The number of nitrogens with one attached hydrogen (secondary N) is 1. The molecule has 2 N–H and O–H groups in total. The van der Waals surface area contributed by atoms with E-state index >= 15 is 0 Å². The maximum Gasteiger partial charge on any atom is 0.243 e. The molecule has 0 aliphatic heterocycles. The summed E-state index contributed by atoms with van der Waals surface area (Å²) in [7, 11) is -3.66. The second-order valence-corrected chi connectivity index (χ2v) is 8.64. The molecule has 0 bridgehead atoms. The van der Waals surface area contributed by atoms with Crippen molar-refractivity contribution in [2.75, 3.05) is 25.2 Å². The van der Waals surface area contributed by atoms with Gasteiger partial charge in [-0.2, -0.15) is 4.31 Å². The van der Waals surface area contributed by atoms with Crippen LogP contribution in [0.5, 0.6) is 5.75 Å². The summed E-state index contributed by atoms with van der Waals surface area (Å²) in [5.41, 5.74) is 2.03. The Bertz CT molecular complexity index is 1130. The Labute approximate surface area is 182 Å². The molecule has 0 fully saturated rings. The monoisotopic (exact) mass is 442 g/mol. The van der Waals surface area contributed by atoms with Gasteiger partial charge in [-0.3, -0.25) is 0 Å². The van der Waals surface area contributed by atoms with E-state index in [1.165, 1.54) is 22.5 Å². The van der Waals surface area contributed by atoms with Gasteiger partial charge in [0.05, 0.1) is 16.3 Å². The predicted octanol–water partition coefficient (Wildman–Crippen LogP) is 3.55. The van der Waals surface area contributed by atoms with E-state index in [0.717, 1.165) is 11.3 Å². The average molecular weight is 443 g/mol. The van der Waals surface area contributed by atoms with Crippen LogP contribution in [-0.2, 0) is 10.0 Å². The molecule has 1 heterocycles. The quantitative estimate of drug-likeness (QED) is 0.488. The number of aliphatic hydroxyl groups is 1. The number of hydrogen-bond donors (Lipinski definition) is 2. The summed E-state index contributed by atoms with van der Waals surface area (Å²) in [6, 6.07) is 15.9. The summed E-state index contributed by atoms with van der Waals surface area (Å²) in [6.45, 7) is 5.54. The highest BCUT2D eigenvalue weighted by Gasteiger charge is 2.23. The minimum Gasteiger partial charge on any atom is -0.466 e. The number of anilines is 2. The normalized spacial score (nSPS) is 11.5. The molecule has 1 aromatic heterocycles. The van der Waals surface area contributed by atoms with Gasteiger partial charge in [-0.15, -0.1) is 0 Å². The van der Waals surface area contributed by atoms with E-state index in [2.05, 4.69) is 15.3 Å². The SMILES string of the molecule is CCN(CC)S(=O)(=O)c1ccc(OCO)c(Nc2cc(-c3ccccc3)nc(C)n2)c1. The van der Waals surface area contributed by atoms with Crippen LogP contribution in [0, 0.1) is 6.92 Å². The van der Waals surface area contributed by atoms with Gasteiger partial charge >= 0.3 is 0 Å². The molecule has 3 rings (SSSR count). The fourth-order valence-electron chi connectivity index (χ4n) is 3.20. The van der Waals surface area contributed by atoms with Gasteiger partial charge in [0, 0.05) is 24.7 Å². The van der Waals surface area contributed by atoms with Crippen LogP contribution < -0.4 is 10.1 Å². The van der Waals surface area contributed by atoms with Crippen LogP contribution in [0.1, 0.15) is 19.7 Å². The molecule has 0 aliphatic rings. The maximum absolute atomic E-state index is 12.9. The van der Waals surface area contributed by atoms with Crippen molar-refractivity contribution >= 4 is 21.5 Å². The minimum absolute atomic E-state index is 0.123. The Balaban J connectivity index is 2.03. The van der Waals surface area contributed by atoms with Crippen LogP contribution in [0.2, 0.25) is 0 Å². The molecule has 31 heavy (non-hydrogen) atoms. The number of aryl methyl sites for hydroxylation is 1. The first-order valence-electron chi connectivity index (χ1n) is 9.95. The Kier molecular flexibility index (Phi) is 7.21. The molecule has 2 aromatic carbocycles. The first kappa shape index (κ1) is 22.7. The molecule has 0 atom stereocenters.